The van der Waals surface area contributed by atoms with Crippen molar-refractivity contribution in [1.82, 2.24) is 0 Å². The molecule has 126 valence electrons. The molecule has 2 amide bonds. The molecule has 0 aliphatic heterocycles. The smallest absolute Gasteiger partial charge is 0.237 e. The number of thioether (sulfide) groups is 1. The number of hydrogen-bond acceptors (Lipinski definition) is 3. The molecule has 0 fully saturated rings. The molecule has 0 saturated carbocycles. The molecule has 0 radical (unpaired) electrons. The minimum absolute atomic E-state index is 0.158. The molecule has 0 aliphatic rings. The summed E-state index contributed by atoms with van der Waals surface area (Å²) < 4.78 is 13.1. The topological polar surface area (TPSA) is 58.2 Å². The number of halogens is 1. The van der Waals surface area contributed by atoms with Crippen LogP contribution in [0.3, 0.4) is 0 Å². The van der Waals surface area contributed by atoms with Crippen LogP contribution in [0, 0.1) is 12.7 Å². The van der Waals surface area contributed by atoms with Crippen molar-refractivity contribution >= 4 is 35.0 Å². The lowest BCUT2D eigenvalue weighted by Crippen LogP contribution is -2.25. The maximum absolute atomic E-state index is 13.1. The Morgan fingerprint density at radius 3 is 2.46 bits per heavy atom. The molecule has 0 spiro atoms. The Morgan fingerprint density at radius 2 is 1.79 bits per heavy atom. The molecule has 2 aromatic carbocycles. The van der Waals surface area contributed by atoms with Crippen LogP contribution < -0.4 is 10.6 Å². The highest BCUT2D eigenvalue weighted by Crippen LogP contribution is 2.16. The van der Waals surface area contributed by atoms with Crippen molar-refractivity contribution in [3.05, 3.63) is 59.9 Å². The second-order valence-electron chi connectivity index (χ2n) is 5.37. The Bertz CT molecular complexity index is 719. The fourth-order valence-electron chi connectivity index (χ4n) is 1.92. The van der Waals surface area contributed by atoms with Gasteiger partial charge in [-0.05, 0) is 44.2 Å². The number of aryl methyl sites for hydroxylation is 1. The second-order valence-corrected chi connectivity index (χ2v) is 6.70. The highest BCUT2D eigenvalue weighted by Gasteiger charge is 2.15. The zero-order valence-electron chi connectivity index (χ0n) is 13.5. The van der Waals surface area contributed by atoms with Crippen molar-refractivity contribution in [2.75, 3.05) is 16.4 Å². The van der Waals surface area contributed by atoms with Crippen molar-refractivity contribution in [2.24, 2.45) is 0 Å². The van der Waals surface area contributed by atoms with Crippen LogP contribution in [0.25, 0.3) is 0 Å². The van der Waals surface area contributed by atoms with E-state index in [2.05, 4.69) is 10.6 Å². The molecule has 1 unspecified atom stereocenters. The third-order valence-electron chi connectivity index (χ3n) is 3.26. The van der Waals surface area contributed by atoms with Gasteiger partial charge in [-0.25, -0.2) is 4.39 Å². The molecule has 0 saturated heterocycles. The van der Waals surface area contributed by atoms with Crippen LogP contribution in [0.15, 0.2) is 48.5 Å². The predicted molar refractivity (Wildman–Crippen MR) is 96.8 cm³/mol. The molecular formula is C18H19FN2O2S. The summed E-state index contributed by atoms with van der Waals surface area (Å²) in [5.74, 6) is -0.695. The Hall–Kier alpha value is -2.34. The van der Waals surface area contributed by atoms with Crippen molar-refractivity contribution < 1.29 is 14.0 Å². The van der Waals surface area contributed by atoms with E-state index in [9.17, 15) is 14.0 Å². The average molecular weight is 346 g/mol. The minimum atomic E-state index is -0.433. The molecule has 0 bridgehead atoms. The van der Waals surface area contributed by atoms with Gasteiger partial charge in [-0.15, -0.1) is 11.8 Å². The number of benzene rings is 2. The third-order valence-corrected chi connectivity index (χ3v) is 4.40. The van der Waals surface area contributed by atoms with Gasteiger partial charge in [-0.1, -0.05) is 23.8 Å². The Kier molecular flexibility index (Phi) is 6.37. The van der Waals surface area contributed by atoms with Crippen LogP contribution in [0.5, 0.6) is 0 Å². The van der Waals surface area contributed by atoms with Crippen LogP contribution in [-0.4, -0.2) is 22.8 Å². The van der Waals surface area contributed by atoms with Gasteiger partial charge in [-0.3, -0.25) is 9.59 Å². The minimum Gasteiger partial charge on any atom is -0.325 e. The van der Waals surface area contributed by atoms with Gasteiger partial charge in [0.25, 0.3) is 0 Å². The fraction of sp³-hybridized carbons (Fsp3) is 0.222. The van der Waals surface area contributed by atoms with Crippen molar-refractivity contribution in [1.29, 1.82) is 0 Å². The fourth-order valence-corrected chi connectivity index (χ4v) is 2.60. The van der Waals surface area contributed by atoms with E-state index in [0.717, 1.165) is 11.3 Å². The van der Waals surface area contributed by atoms with Crippen LogP contribution >= 0.6 is 11.8 Å². The van der Waals surface area contributed by atoms with E-state index < -0.39 is 11.1 Å². The lowest BCUT2D eigenvalue weighted by atomic mass is 10.2. The summed E-state index contributed by atoms with van der Waals surface area (Å²) in [6, 6.07) is 13.2. The van der Waals surface area contributed by atoms with Crippen molar-refractivity contribution in [3.63, 3.8) is 0 Å². The maximum Gasteiger partial charge on any atom is 0.237 e. The zero-order valence-corrected chi connectivity index (χ0v) is 14.3. The lowest BCUT2D eigenvalue weighted by molar-refractivity contribution is -0.115. The molecule has 0 aliphatic carbocycles. The number of carbonyl (C=O) groups is 2. The normalized spacial score (nSPS) is 11.6. The van der Waals surface area contributed by atoms with E-state index in [4.69, 9.17) is 0 Å². The highest BCUT2D eigenvalue weighted by molar-refractivity contribution is 8.01. The number of nitrogens with one attached hydrogen (secondary N) is 2. The number of rotatable bonds is 6. The second kappa shape index (κ2) is 8.49. The Balaban J connectivity index is 1.79. The zero-order chi connectivity index (χ0) is 17.5. The lowest BCUT2D eigenvalue weighted by Gasteiger charge is -2.12. The van der Waals surface area contributed by atoms with E-state index in [0.29, 0.717) is 5.69 Å². The van der Waals surface area contributed by atoms with Crippen molar-refractivity contribution in [3.8, 4) is 0 Å². The van der Waals surface area contributed by atoms with Gasteiger partial charge in [0.15, 0.2) is 0 Å². The summed E-state index contributed by atoms with van der Waals surface area (Å²) in [4.78, 5) is 24.0. The van der Waals surface area contributed by atoms with E-state index >= 15 is 0 Å². The quantitative estimate of drug-likeness (QED) is 0.836. The van der Waals surface area contributed by atoms with Gasteiger partial charge in [0, 0.05) is 11.4 Å². The first-order valence-electron chi connectivity index (χ1n) is 7.48. The van der Waals surface area contributed by atoms with E-state index in [1.54, 1.807) is 13.0 Å². The molecule has 0 aromatic heterocycles. The van der Waals surface area contributed by atoms with Crippen LogP contribution in [0.4, 0.5) is 15.8 Å². The Labute approximate surface area is 144 Å². The number of carbonyl (C=O) groups excluding carboxylic acids is 2. The van der Waals surface area contributed by atoms with Gasteiger partial charge in [0.05, 0.1) is 11.0 Å². The molecule has 0 heterocycles. The number of hydrogen-bond donors (Lipinski definition) is 2. The standard InChI is InChI=1S/C18H19FN2O2S/c1-12-6-8-15(9-7-12)20-17(22)11-24-13(2)18(23)21-16-5-3-4-14(19)10-16/h3-10,13H,11H2,1-2H3,(H,20,22)(H,21,23). The predicted octanol–water partition coefficient (Wildman–Crippen LogP) is 3.83. The van der Waals surface area contributed by atoms with Crippen LogP contribution in [0.2, 0.25) is 0 Å². The van der Waals surface area contributed by atoms with Gasteiger partial charge in [-0.2, -0.15) is 0 Å². The van der Waals surface area contributed by atoms with Gasteiger partial charge in [0.2, 0.25) is 11.8 Å². The van der Waals surface area contributed by atoms with Gasteiger partial charge in [0.1, 0.15) is 5.82 Å². The molecule has 2 N–H and O–H groups in total. The monoisotopic (exact) mass is 346 g/mol. The summed E-state index contributed by atoms with van der Waals surface area (Å²) in [6.45, 7) is 3.68. The molecule has 6 heteroatoms. The van der Waals surface area contributed by atoms with Gasteiger partial charge >= 0.3 is 0 Å². The van der Waals surface area contributed by atoms with Crippen molar-refractivity contribution in [2.45, 2.75) is 19.1 Å². The van der Waals surface area contributed by atoms with E-state index in [-0.39, 0.29) is 17.6 Å². The average Bonchev–Trinajstić information content (AvgIpc) is 2.54. The summed E-state index contributed by atoms with van der Waals surface area (Å²) in [6.07, 6.45) is 0. The summed E-state index contributed by atoms with van der Waals surface area (Å²) in [5, 5.41) is 4.98. The summed E-state index contributed by atoms with van der Waals surface area (Å²) >= 11 is 1.22. The molecule has 4 nitrogen and oxygen atoms in total. The van der Waals surface area contributed by atoms with Crippen LogP contribution in [-0.2, 0) is 9.59 Å². The first-order valence-corrected chi connectivity index (χ1v) is 8.53. The van der Waals surface area contributed by atoms with Crippen LogP contribution in [0.1, 0.15) is 12.5 Å². The maximum atomic E-state index is 13.1. The largest absolute Gasteiger partial charge is 0.325 e. The molecule has 2 rings (SSSR count). The van der Waals surface area contributed by atoms with Gasteiger partial charge < -0.3 is 10.6 Å². The SMILES string of the molecule is Cc1ccc(NC(=O)CSC(C)C(=O)Nc2cccc(F)c2)cc1. The molecule has 1 atom stereocenters. The molecule has 2 aromatic rings. The first-order chi connectivity index (χ1) is 11.4. The summed E-state index contributed by atoms with van der Waals surface area (Å²) in [7, 11) is 0. The number of amides is 2. The highest BCUT2D eigenvalue weighted by atomic mass is 32.2. The first kappa shape index (κ1) is 18.0. The molecule has 24 heavy (non-hydrogen) atoms. The Morgan fingerprint density at radius 1 is 1.08 bits per heavy atom. The third kappa shape index (κ3) is 5.70. The number of anilines is 2. The van der Waals surface area contributed by atoms with E-state index in [1.165, 1.54) is 30.0 Å². The molecular weight excluding hydrogens is 327 g/mol. The summed E-state index contributed by atoms with van der Waals surface area (Å²) in [5.41, 5.74) is 2.24. The van der Waals surface area contributed by atoms with E-state index in [1.807, 2.05) is 31.2 Å².